The summed E-state index contributed by atoms with van der Waals surface area (Å²) in [5.74, 6) is 0.0115. The Labute approximate surface area is 166 Å². The van der Waals surface area contributed by atoms with Crippen LogP contribution in [0, 0.1) is 19.8 Å². The number of likely N-dealkylation sites (N-methyl/N-ethyl adjacent to an activating group) is 1. The van der Waals surface area contributed by atoms with E-state index in [9.17, 15) is 9.59 Å². The van der Waals surface area contributed by atoms with Crippen LogP contribution in [-0.2, 0) is 9.59 Å². The van der Waals surface area contributed by atoms with Gasteiger partial charge in [-0.05, 0) is 46.3 Å². The highest BCUT2D eigenvalue weighted by molar-refractivity contribution is 7.15. The largest absolute Gasteiger partial charge is 0.355 e. The Morgan fingerprint density at radius 2 is 2.04 bits per heavy atom. The van der Waals surface area contributed by atoms with Gasteiger partial charge in [-0.3, -0.25) is 14.5 Å². The molecule has 2 rings (SSSR count). The van der Waals surface area contributed by atoms with E-state index >= 15 is 0 Å². The van der Waals surface area contributed by atoms with Gasteiger partial charge in [-0.15, -0.1) is 11.3 Å². The fraction of sp³-hybridized carbons (Fsp3) is 0.737. The number of carbonyl (C=O) groups excluding carboxylic acids is 2. The summed E-state index contributed by atoms with van der Waals surface area (Å²) >= 11 is 1.50. The Balaban J connectivity index is 1.75. The van der Waals surface area contributed by atoms with E-state index in [1.165, 1.54) is 11.3 Å². The lowest BCUT2D eigenvalue weighted by Gasteiger charge is -2.31. The molecule has 2 amide bonds. The van der Waals surface area contributed by atoms with Crippen LogP contribution in [0.5, 0.6) is 0 Å². The number of carbonyl (C=O) groups is 2. The van der Waals surface area contributed by atoms with Crippen molar-refractivity contribution in [1.82, 2.24) is 20.1 Å². The first-order valence-corrected chi connectivity index (χ1v) is 10.7. The van der Waals surface area contributed by atoms with Gasteiger partial charge in [0.2, 0.25) is 11.8 Å². The topological polar surface area (TPSA) is 77.6 Å². The maximum Gasteiger partial charge on any atom is 0.240 e. The maximum absolute atomic E-state index is 12.5. The summed E-state index contributed by atoms with van der Waals surface area (Å²) in [4.78, 5) is 34.6. The Kier molecular flexibility index (Phi) is 8.66. The molecular weight excluding hydrogens is 362 g/mol. The Bertz CT molecular complexity index is 610. The van der Waals surface area contributed by atoms with Gasteiger partial charge >= 0.3 is 0 Å². The van der Waals surface area contributed by atoms with Crippen molar-refractivity contribution in [3.05, 3.63) is 10.6 Å². The molecule has 7 nitrogen and oxygen atoms in total. The highest BCUT2D eigenvalue weighted by atomic mass is 32.1. The lowest BCUT2D eigenvalue weighted by molar-refractivity contribution is -0.128. The Morgan fingerprint density at radius 1 is 1.30 bits per heavy atom. The summed E-state index contributed by atoms with van der Waals surface area (Å²) in [7, 11) is 0. The van der Waals surface area contributed by atoms with Crippen LogP contribution in [0.3, 0.4) is 0 Å². The summed E-state index contributed by atoms with van der Waals surface area (Å²) in [5, 5.41) is 6.58. The van der Waals surface area contributed by atoms with Crippen LogP contribution >= 0.6 is 11.3 Å². The maximum atomic E-state index is 12.5. The van der Waals surface area contributed by atoms with Crippen LogP contribution in [0.25, 0.3) is 0 Å². The molecule has 8 heteroatoms. The van der Waals surface area contributed by atoms with Gasteiger partial charge in [0.25, 0.3) is 0 Å². The van der Waals surface area contributed by atoms with Gasteiger partial charge in [0.15, 0.2) is 5.13 Å². The van der Waals surface area contributed by atoms with E-state index < -0.39 is 0 Å². The van der Waals surface area contributed by atoms with Crippen LogP contribution in [0.4, 0.5) is 5.13 Å². The highest BCUT2D eigenvalue weighted by Crippen LogP contribution is 2.21. The molecule has 2 heterocycles. The highest BCUT2D eigenvalue weighted by Gasteiger charge is 2.26. The summed E-state index contributed by atoms with van der Waals surface area (Å²) < 4.78 is 0. The molecule has 1 unspecified atom stereocenters. The average molecular weight is 396 g/mol. The molecule has 1 aliphatic heterocycles. The summed E-state index contributed by atoms with van der Waals surface area (Å²) in [6.07, 6.45) is 1.83. The zero-order valence-corrected chi connectivity index (χ0v) is 17.8. The average Bonchev–Trinajstić information content (AvgIpc) is 2.95. The zero-order chi connectivity index (χ0) is 19.8. The minimum absolute atomic E-state index is 0.0346. The molecule has 0 aliphatic carbocycles. The van der Waals surface area contributed by atoms with Gasteiger partial charge < -0.3 is 15.5 Å². The third-order valence-electron chi connectivity index (χ3n) is 5.14. The second-order valence-electron chi connectivity index (χ2n) is 7.10. The monoisotopic (exact) mass is 395 g/mol. The SMILES string of the molecule is CCN(CC)CCNC(=O)C1CCCN(CC(=O)Nc2nc(C)c(C)s2)C1. The standard InChI is InChI=1S/C19H33N5O2S/c1-5-23(6-2)11-9-20-18(26)16-8-7-10-24(12-16)13-17(25)22-19-21-14(3)15(4)27-19/h16H,5-13H2,1-4H3,(H,20,26)(H,21,22,25). The van der Waals surface area contributed by atoms with Crippen molar-refractivity contribution >= 4 is 28.3 Å². The predicted molar refractivity (Wildman–Crippen MR) is 110 cm³/mol. The van der Waals surface area contributed by atoms with Gasteiger partial charge in [0, 0.05) is 24.5 Å². The Hall–Kier alpha value is -1.51. The van der Waals surface area contributed by atoms with Gasteiger partial charge in [0.05, 0.1) is 18.2 Å². The molecule has 0 spiro atoms. The van der Waals surface area contributed by atoms with Crippen LogP contribution in [0.15, 0.2) is 0 Å². The molecule has 1 atom stereocenters. The fourth-order valence-corrected chi connectivity index (χ4v) is 4.15. The van der Waals surface area contributed by atoms with E-state index in [4.69, 9.17) is 0 Å². The number of rotatable bonds is 9. The molecule has 1 fully saturated rings. The molecule has 27 heavy (non-hydrogen) atoms. The van der Waals surface area contributed by atoms with Gasteiger partial charge in [0.1, 0.15) is 0 Å². The second-order valence-corrected chi connectivity index (χ2v) is 8.30. The second kappa shape index (κ2) is 10.7. The first-order valence-electron chi connectivity index (χ1n) is 9.89. The number of aryl methyl sites for hydroxylation is 2. The minimum atomic E-state index is -0.0636. The van der Waals surface area contributed by atoms with Crippen molar-refractivity contribution in [3.63, 3.8) is 0 Å². The van der Waals surface area contributed by atoms with Gasteiger partial charge in [-0.2, -0.15) is 0 Å². The van der Waals surface area contributed by atoms with Crippen molar-refractivity contribution in [2.24, 2.45) is 5.92 Å². The van der Waals surface area contributed by atoms with Gasteiger partial charge in [-0.1, -0.05) is 13.8 Å². The smallest absolute Gasteiger partial charge is 0.240 e. The number of hydrogen-bond donors (Lipinski definition) is 2. The lowest BCUT2D eigenvalue weighted by atomic mass is 9.97. The van der Waals surface area contributed by atoms with Crippen LogP contribution in [0.1, 0.15) is 37.3 Å². The fourth-order valence-electron chi connectivity index (χ4n) is 3.32. The number of likely N-dealkylation sites (tertiary alicyclic amines) is 1. The van der Waals surface area contributed by atoms with Crippen molar-refractivity contribution in [2.45, 2.75) is 40.5 Å². The summed E-state index contributed by atoms with van der Waals surface area (Å²) in [6, 6.07) is 0. The van der Waals surface area contributed by atoms with Crippen LogP contribution in [-0.4, -0.2) is 72.4 Å². The molecule has 1 aromatic rings. The number of aromatic nitrogens is 1. The zero-order valence-electron chi connectivity index (χ0n) is 17.0. The lowest BCUT2D eigenvalue weighted by Crippen LogP contribution is -2.46. The van der Waals surface area contributed by atoms with E-state index in [1.54, 1.807) is 0 Å². The van der Waals surface area contributed by atoms with E-state index in [-0.39, 0.29) is 17.7 Å². The molecule has 2 N–H and O–H groups in total. The number of nitrogens with one attached hydrogen (secondary N) is 2. The number of piperidine rings is 1. The van der Waals surface area contributed by atoms with Crippen molar-refractivity contribution in [2.75, 3.05) is 51.1 Å². The number of amides is 2. The Morgan fingerprint density at radius 3 is 2.67 bits per heavy atom. The van der Waals surface area contributed by atoms with E-state index in [2.05, 4.69) is 39.3 Å². The minimum Gasteiger partial charge on any atom is -0.355 e. The number of thiazole rings is 1. The van der Waals surface area contributed by atoms with E-state index in [0.717, 1.165) is 49.6 Å². The summed E-state index contributed by atoms with van der Waals surface area (Å²) in [5.41, 5.74) is 0.953. The molecule has 0 bridgehead atoms. The molecule has 1 aromatic heterocycles. The molecule has 0 saturated carbocycles. The van der Waals surface area contributed by atoms with Gasteiger partial charge in [-0.25, -0.2) is 4.98 Å². The predicted octanol–water partition coefficient (Wildman–Crippen LogP) is 1.87. The third kappa shape index (κ3) is 6.86. The van der Waals surface area contributed by atoms with Crippen molar-refractivity contribution in [3.8, 4) is 0 Å². The third-order valence-corrected chi connectivity index (χ3v) is 6.13. The first kappa shape index (κ1) is 21.8. The number of hydrogen-bond acceptors (Lipinski definition) is 6. The molecule has 0 radical (unpaired) electrons. The van der Waals surface area contributed by atoms with Crippen LogP contribution in [0.2, 0.25) is 0 Å². The number of nitrogens with zero attached hydrogens (tertiary/aromatic N) is 3. The molecule has 1 saturated heterocycles. The number of anilines is 1. The molecule has 0 aromatic carbocycles. The van der Waals surface area contributed by atoms with Crippen LogP contribution < -0.4 is 10.6 Å². The van der Waals surface area contributed by atoms with E-state index in [1.807, 2.05) is 13.8 Å². The van der Waals surface area contributed by atoms with Crippen molar-refractivity contribution < 1.29 is 9.59 Å². The summed E-state index contributed by atoms with van der Waals surface area (Å²) in [6.45, 7) is 13.5. The quantitative estimate of drug-likeness (QED) is 0.667. The normalized spacial score (nSPS) is 17.9. The molecule has 1 aliphatic rings. The molecular formula is C19H33N5O2S. The first-order chi connectivity index (χ1) is 12.9. The molecule has 152 valence electrons. The van der Waals surface area contributed by atoms with Crippen molar-refractivity contribution in [1.29, 1.82) is 0 Å². The van der Waals surface area contributed by atoms with E-state index in [0.29, 0.717) is 24.8 Å².